The quantitative estimate of drug-likeness (QED) is 0.184. The molecular weight excluding hydrogens is 518 g/mol. The van der Waals surface area contributed by atoms with Gasteiger partial charge in [0.15, 0.2) is 0 Å². The highest BCUT2D eigenvalue weighted by Gasteiger charge is 2.27. The van der Waals surface area contributed by atoms with Crippen molar-refractivity contribution in [3.63, 3.8) is 0 Å². The van der Waals surface area contributed by atoms with E-state index in [2.05, 4.69) is 179 Å². The van der Waals surface area contributed by atoms with Crippen molar-refractivity contribution in [2.75, 3.05) is 5.32 Å². The summed E-state index contributed by atoms with van der Waals surface area (Å²) in [4.78, 5) is 0. The smallest absolute Gasteiger partial charge is 0.0469 e. The predicted octanol–water partition coefficient (Wildman–Crippen LogP) is 11.0. The maximum atomic E-state index is 4.07. The summed E-state index contributed by atoms with van der Waals surface area (Å²) >= 11 is 0. The third-order valence-electron chi connectivity index (χ3n) is 8.42. The Bertz CT molecular complexity index is 1600. The Kier molecular flexibility index (Phi) is 8.24. The van der Waals surface area contributed by atoms with Crippen molar-refractivity contribution in [3.05, 3.63) is 201 Å². The SMILES string of the molecule is Cc1cc(C)c(Nc2c(C(c3ccccc3)c3ccccc3)cc(C)cc2C(c2ccccc2)c2ccccc2)c(C)c1. The van der Waals surface area contributed by atoms with Crippen LogP contribution < -0.4 is 5.32 Å². The molecule has 0 aliphatic rings. The van der Waals surface area contributed by atoms with E-state index in [-0.39, 0.29) is 11.8 Å². The average Bonchev–Trinajstić information content (AvgIpc) is 3.02. The van der Waals surface area contributed by atoms with E-state index in [0.29, 0.717) is 0 Å². The van der Waals surface area contributed by atoms with Crippen molar-refractivity contribution in [1.82, 2.24) is 0 Å². The van der Waals surface area contributed by atoms with Crippen LogP contribution in [0.4, 0.5) is 11.4 Å². The maximum absolute atomic E-state index is 4.07. The number of anilines is 2. The van der Waals surface area contributed by atoms with Crippen LogP contribution in [0.25, 0.3) is 0 Å². The molecule has 6 aromatic rings. The molecule has 6 aromatic carbocycles. The molecule has 0 atom stereocenters. The van der Waals surface area contributed by atoms with Gasteiger partial charge >= 0.3 is 0 Å². The average molecular weight is 558 g/mol. The van der Waals surface area contributed by atoms with E-state index in [0.717, 1.165) is 0 Å². The second-order valence-corrected chi connectivity index (χ2v) is 11.7. The molecule has 0 saturated heterocycles. The number of benzene rings is 6. The van der Waals surface area contributed by atoms with Crippen LogP contribution in [0.5, 0.6) is 0 Å². The van der Waals surface area contributed by atoms with Crippen LogP contribution in [-0.4, -0.2) is 0 Å². The summed E-state index contributed by atoms with van der Waals surface area (Å²) in [7, 11) is 0. The Morgan fingerprint density at radius 2 is 0.674 bits per heavy atom. The highest BCUT2D eigenvalue weighted by molar-refractivity contribution is 5.76. The number of hydrogen-bond acceptors (Lipinski definition) is 1. The molecule has 43 heavy (non-hydrogen) atoms. The molecule has 212 valence electrons. The van der Waals surface area contributed by atoms with Crippen LogP contribution in [0.15, 0.2) is 146 Å². The molecule has 0 aromatic heterocycles. The molecular formula is C42H39N. The zero-order chi connectivity index (χ0) is 29.8. The van der Waals surface area contributed by atoms with E-state index in [1.54, 1.807) is 0 Å². The molecule has 0 bridgehead atoms. The van der Waals surface area contributed by atoms with Gasteiger partial charge in [0, 0.05) is 23.2 Å². The van der Waals surface area contributed by atoms with Gasteiger partial charge in [-0.2, -0.15) is 0 Å². The number of hydrogen-bond donors (Lipinski definition) is 1. The molecule has 0 saturated carbocycles. The van der Waals surface area contributed by atoms with Crippen LogP contribution in [0, 0.1) is 27.7 Å². The normalized spacial score (nSPS) is 11.2. The van der Waals surface area contributed by atoms with Gasteiger partial charge in [0.25, 0.3) is 0 Å². The van der Waals surface area contributed by atoms with E-state index in [4.69, 9.17) is 0 Å². The fourth-order valence-electron chi connectivity index (χ4n) is 6.63. The summed E-state index contributed by atoms with van der Waals surface area (Å²) in [6.45, 7) is 8.84. The molecule has 6 rings (SSSR count). The minimum absolute atomic E-state index is 0.0572. The highest BCUT2D eigenvalue weighted by Crippen LogP contribution is 2.45. The van der Waals surface area contributed by atoms with Crippen molar-refractivity contribution in [2.24, 2.45) is 0 Å². The van der Waals surface area contributed by atoms with Crippen molar-refractivity contribution in [3.8, 4) is 0 Å². The maximum Gasteiger partial charge on any atom is 0.0469 e. The predicted molar refractivity (Wildman–Crippen MR) is 183 cm³/mol. The van der Waals surface area contributed by atoms with E-state index in [1.165, 1.54) is 67.0 Å². The van der Waals surface area contributed by atoms with Crippen LogP contribution in [0.2, 0.25) is 0 Å². The summed E-state index contributed by atoms with van der Waals surface area (Å²) in [6, 6.07) is 53.1. The highest BCUT2D eigenvalue weighted by atomic mass is 14.9. The van der Waals surface area contributed by atoms with Crippen molar-refractivity contribution in [2.45, 2.75) is 39.5 Å². The van der Waals surface area contributed by atoms with Crippen molar-refractivity contribution in [1.29, 1.82) is 0 Å². The van der Waals surface area contributed by atoms with Crippen LogP contribution >= 0.6 is 0 Å². The van der Waals surface area contributed by atoms with Gasteiger partial charge in [-0.05, 0) is 72.2 Å². The van der Waals surface area contributed by atoms with Crippen LogP contribution in [0.1, 0.15) is 67.5 Å². The Morgan fingerprint density at radius 1 is 0.372 bits per heavy atom. The molecule has 1 nitrogen and oxygen atoms in total. The van der Waals surface area contributed by atoms with Gasteiger partial charge in [-0.3, -0.25) is 0 Å². The van der Waals surface area contributed by atoms with Gasteiger partial charge in [-0.1, -0.05) is 157 Å². The first-order valence-electron chi connectivity index (χ1n) is 15.2. The lowest BCUT2D eigenvalue weighted by Crippen LogP contribution is -2.13. The topological polar surface area (TPSA) is 12.0 Å². The fraction of sp³-hybridized carbons (Fsp3) is 0.143. The molecule has 0 unspecified atom stereocenters. The molecule has 0 aliphatic carbocycles. The summed E-state index contributed by atoms with van der Waals surface area (Å²) < 4.78 is 0. The van der Waals surface area contributed by atoms with E-state index < -0.39 is 0 Å². The first-order chi connectivity index (χ1) is 21.0. The molecule has 0 amide bonds. The first kappa shape index (κ1) is 28.2. The van der Waals surface area contributed by atoms with E-state index >= 15 is 0 Å². The first-order valence-corrected chi connectivity index (χ1v) is 15.2. The molecule has 1 N–H and O–H groups in total. The molecule has 0 radical (unpaired) electrons. The summed E-state index contributed by atoms with van der Waals surface area (Å²) in [5, 5.41) is 4.07. The van der Waals surface area contributed by atoms with Gasteiger partial charge < -0.3 is 5.32 Å². The second kappa shape index (κ2) is 12.5. The zero-order valence-electron chi connectivity index (χ0n) is 25.5. The lowest BCUT2D eigenvalue weighted by Gasteiger charge is -2.30. The molecule has 0 spiro atoms. The number of nitrogens with one attached hydrogen (secondary N) is 1. The Morgan fingerprint density at radius 3 is 1.00 bits per heavy atom. The Hall–Kier alpha value is -4.88. The molecule has 1 heteroatoms. The van der Waals surface area contributed by atoms with Crippen LogP contribution in [-0.2, 0) is 0 Å². The van der Waals surface area contributed by atoms with E-state index in [9.17, 15) is 0 Å². The number of rotatable bonds is 8. The monoisotopic (exact) mass is 557 g/mol. The van der Waals surface area contributed by atoms with Gasteiger partial charge in [-0.25, -0.2) is 0 Å². The minimum atomic E-state index is 0.0572. The lowest BCUT2D eigenvalue weighted by molar-refractivity contribution is 0.938. The van der Waals surface area contributed by atoms with Gasteiger partial charge in [0.1, 0.15) is 0 Å². The van der Waals surface area contributed by atoms with Crippen molar-refractivity contribution >= 4 is 11.4 Å². The third kappa shape index (κ3) is 6.03. The standard InChI is InChI=1S/C42H39N/c1-29-25-31(3)41(32(4)26-29)43-42-37(39(33-17-9-5-10-18-33)34-19-11-6-12-20-34)27-30(2)28-38(42)40(35-21-13-7-14-22-35)36-23-15-8-16-24-36/h5-28,39-40,43H,1-4H3. The Balaban J connectivity index is 1.69. The van der Waals surface area contributed by atoms with Crippen LogP contribution in [0.3, 0.4) is 0 Å². The van der Waals surface area contributed by atoms with Crippen molar-refractivity contribution < 1.29 is 0 Å². The fourth-order valence-corrected chi connectivity index (χ4v) is 6.63. The van der Waals surface area contributed by atoms with Gasteiger partial charge in [0.2, 0.25) is 0 Å². The largest absolute Gasteiger partial charge is 0.355 e. The van der Waals surface area contributed by atoms with E-state index in [1.807, 2.05) is 0 Å². The van der Waals surface area contributed by atoms with Gasteiger partial charge in [0.05, 0.1) is 0 Å². The second-order valence-electron chi connectivity index (χ2n) is 11.7. The summed E-state index contributed by atoms with van der Waals surface area (Å²) in [5.74, 6) is 0.114. The van der Waals surface area contributed by atoms with Gasteiger partial charge in [-0.15, -0.1) is 0 Å². The molecule has 0 aliphatic heterocycles. The molecule has 0 fully saturated rings. The zero-order valence-corrected chi connectivity index (χ0v) is 25.5. The minimum Gasteiger partial charge on any atom is -0.355 e. The number of aryl methyl sites for hydroxylation is 4. The Labute approximate surface area is 256 Å². The lowest BCUT2D eigenvalue weighted by atomic mass is 9.78. The third-order valence-corrected chi connectivity index (χ3v) is 8.42. The summed E-state index contributed by atoms with van der Waals surface area (Å²) in [5.41, 5.74) is 15.1. The molecule has 0 heterocycles. The summed E-state index contributed by atoms with van der Waals surface area (Å²) in [6.07, 6.45) is 0.